The number of carbonyl (C=O) groups excluding carboxylic acids is 1. The van der Waals surface area contributed by atoms with Crippen molar-refractivity contribution in [2.75, 3.05) is 20.1 Å². The highest BCUT2D eigenvalue weighted by atomic mass is 79.9. The molecule has 0 saturated carbocycles. The quantitative estimate of drug-likeness (QED) is 0.895. The van der Waals surface area contributed by atoms with Crippen LogP contribution in [0.5, 0.6) is 0 Å². The van der Waals surface area contributed by atoms with E-state index in [1.54, 1.807) is 0 Å². The van der Waals surface area contributed by atoms with E-state index < -0.39 is 0 Å². The van der Waals surface area contributed by atoms with Crippen molar-refractivity contribution >= 4 is 34.2 Å². The number of rotatable bonds is 3. The smallest absolute Gasteiger partial charge is 0.270 e. The van der Waals surface area contributed by atoms with E-state index in [1.807, 2.05) is 28.8 Å². The zero-order valence-corrected chi connectivity index (χ0v) is 14.6. The molecule has 2 heterocycles. The molecule has 0 atom stereocenters. The van der Waals surface area contributed by atoms with Crippen molar-refractivity contribution < 1.29 is 4.79 Å². The maximum absolute atomic E-state index is 12.6. The van der Waals surface area contributed by atoms with Gasteiger partial charge in [-0.25, -0.2) is 0 Å². The second kappa shape index (κ2) is 7.48. The number of carbonyl (C=O) groups is 1. The number of piperidine rings is 1. The van der Waals surface area contributed by atoms with Crippen LogP contribution in [0.3, 0.4) is 0 Å². The highest BCUT2D eigenvalue weighted by Crippen LogP contribution is 2.22. The van der Waals surface area contributed by atoms with Gasteiger partial charge in [0.1, 0.15) is 5.69 Å². The summed E-state index contributed by atoms with van der Waals surface area (Å²) in [5, 5.41) is 3.29. The van der Waals surface area contributed by atoms with Gasteiger partial charge in [-0.3, -0.25) is 4.79 Å². The van der Waals surface area contributed by atoms with E-state index in [-0.39, 0.29) is 18.3 Å². The first-order valence-electron chi connectivity index (χ1n) is 6.87. The number of hydrogen-bond acceptors (Lipinski definition) is 2. The van der Waals surface area contributed by atoms with Crippen LogP contribution in [0.2, 0.25) is 0 Å². The lowest BCUT2D eigenvalue weighted by molar-refractivity contribution is 0.0695. The molecule has 1 amide bonds. The Balaban J connectivity index is 0.00000200. The van der Waals surface area contributed by atoms with Crippen molar-refractivity contribution in [1.82, 2.24) is 14.8 Å². The first-order chi connectivity index (χ1) is 9.02. The second-order valence-corrected chi connectivity index (χ2v) is 6.32. The van der Waals surface area contributed by atoms with Gasteiger partial charge in [0.05, 0.1) is 0 Å². The molecular formula is C14H23BrClN3O. The van der Waals surface area contributed by atoms with E-state index in [4.69, 9.17) is 0 Å². The molecule has 1 aliphatic heterocycles. The highest BCUT2D eigenvalue weighted by molar-refractivity contribution is 9.10. The van der Waals surface area contributed by atoms with Crippen LogP contribution in [-0.2, 0) is 0 Å². The number of hydrogen-bond donors (Lipinski definition) is 1. The monoisotopic (exact) mass is 363 g/mol. The van der Waals surface area contributed by atoms with Gasteiger partial charge in [0.25, 0.3) is 5.91 Å². The number of likely N-dealkylation sites (tertiary alicyclic amines) is 1. The average Bonchev–Trinajstić information content (AvgIpc) is 2.80. The van der Waals surface area contributed by atoms with Crippen LogP contribution in [0.4, 0.5) is 0 Å². The van der Waals surface area contributed by atoms with Crippen molar-refractivity contribution in [3.8, 4) is 0 Å². The fraction of sp³-hybridized carbons (Fsp3) is 0.643. The Labute approximate surface area is 135 Å². The molecule has 2 rings (SSSR count). The summed E-state index contributed by atoms with van der Waals surface area (Å²) in [7, 11) is 1.99. The first kappa shape index (κ1) is 17.5. The molecule has 1 saturated heterocycles. The minimum atomic E-state index is 0. The van der Waals surface area contributed by atoms with Gasteiger partial charge in [0.15, 0.2) is 0 Å². The summed E-state index contributed by atoms with van der Waals surface area (Å²) in [5.74, 6) is 0.147. The lowest BCUT2D eigenvalue weighted by Crippen LogP contribution is -2.44. The van der Waals surface area contributed by atoms with E-state index in [1.165, 1.54) is 0 Å². The van der Waals surface area contributed by atoms with Gasteiger partial charge in [0.2, 0.25) is 0 Å². The lowest BCUT2D eigenvalue weighted by Gasteiger charge is -2.32. The summed E-state index contributed by atoms with van der Waals surface area (Å²) in [6.45, 7) is 5.86. The van der Waals surface area contributed by atoms with E-state index in [0.29, 0.717) is 12.1 Å². The van der Waals surface area contributed by atoms with E-state index >= 15 is 0 Å². The van der Waals surface area contributed by atoms with Crippen LogP contribution in [0.1, 0.15) is 43.2 Å². The van der Waals surface area contributed by atoms with Crippen LogP contribution in [0, 0.1) is 0 Å². The lowest BCUT2D eigenvalue weighted by atomic mass is 10.1. The van der Waals surface area contributed by atoms with Crippen LogP contribution >= 0.6 is 28.3 Å². The molecule has 1 aromatic heterocycles. The fourth-order valence-electron chi connectivity index (χ4n) is 2.58. The van der Waals surface area contributed by atoms with Gasteiger partial charge in [-0.1, -0.05) is 0 Å². The van der Waals surface area contributed by atoms with Crippen LogP contribution in [-0.4, -0.2) is 41.6 Å². The van der Waals surface area contributed by atoms with Crippen molar-refractivity contribution in [2.24, 2.45) is 0 Å². The molecule has 0 aliphatic carbocycles. The van der Waals surface area contributed by atoms with Crippen molar-refractivity contribution in [3.05, 3.63) is 22.4 Å². The molecule has 1 N–H and O–H groups in total. The largest absolute Gasteiger partial charge is 0.340 e. The zero-order chi connectivity index (χ0) is 14.0. The molecule has 0 unspecified atom stereocenters. The Hall–Kier alpha value is -0.520. The molecule has 1 fully saturated rings. The molecule has 6 heteroatoms. The number of nitrogens with one attached hydrogen (secondary N) is 1. The molecule has 0 spiro atoms. The van der Waals surface area contributed by atoms with Gasteiger partial charge in [-0.05, 0) is 55.7 Å². The highest BCUT2D eigenvalue weighted by Gasteiger charge is 2.25. The number of aromatic nitrogens is 1. The summed E-state index contributed by atoms with van der Waals surface area (Å²) < 4.78 is 3.01. The summed E-state index contributed by atoms with van der Waals surface area (Å²) >= 11 is 3.46. The van der Waals surface area contributed by atoms with E-state index in [0.717, 1.165) is 36.1 Å². The molecular weight excluding hydrogens is 342 g/mol. The van der Waals surface area contributed by atoms with Crippen LogP contribution in [0.15, 0.2) is 16.7 Å². The van der Waals surface area contributed by atoms with Gasteiger partial charge in [-0.2, -0.15) is 0 Å². The Morgan fingerprint density at radius 3 is 2.50 bits per heavy atom. The molecule has 0 aromatic carbocycles. The van der Waals surface area contributed by atoms with E-state index in [2.05, 4.69) is 35.1 Å². The SMILES string of the molecule is CNC1CCN(C(=O)c2cc(Br)cn2C(C)C)CC1.Cl. The van der Waals surface area contributed by atoms with Crippen LogP contribution < -0.4 is 5.32 Å². The molecule has 20 heavy (non-hydrogen) atoms. The molecule has 1 aliphatic rings. The van der Waals surface area contributed by atoms with Gasteiger partial charge < -0.3 is 14.8 Å². The predicted octanol–water partition coefficient (Wildman–Crippen LogP) is 3.08. The Kier molecular flexibility index (Phi) is 6.55. The predicted molar refractivity (Wildman–Crippen MR) is 87.8 cm³/mol. The van der Waals surface area contributed by atoms with Crippen molar-refractivity contribution in [3.63, 3.8) is 0 Å². The topological polar surface area (TPSA) is 37.3 Å². The summed E-state index contributed by atoms with van der Waals surface area (Å²) in [5.41, 5.74) is 0.782. The Morgan fingerprint density at radius 2 is 2.00 bits per heavy atom. The maximum atomic E-state index is 12.6. The zero-order valence-electron chi connectivity index (χ0n) is 12.2. The standard InChI is InChI=1S/C14H22BrN3O.ClH/c1-10(2)18-9-11(15)8-13(18)14(19)17-6-4-12(16-3)5-7-17;/h8-10,12,16H,4-7H2,1-3H3;1H. The molecule has 114 valence electrons. The third-order valence-corrected chi connectivity index (χ3v) is 4.21. The Morgan fingerprint density at radius 1 is 1.40 bits per heavy atom. The summed E-state index contributed by atoms with van der Waals surface area (Å²) in [6, 6.07) is 2.76. The number of nitrogens with zero attached hydrogens (tertiary/aromatic N) is 2. The maximum Gasteiger partial charge on any atom is 0.270 e. The van der Waals surface area contributed by atoms with E-state index in [9.17, 15) is 4.79 Å². The minimum Gasteiger partial charge on any atom is -0.340 e. The summed E-state index contributed by atoms with van der Waals surface area (Å²) in [4.78, 5) is 14.6. The van der Waals surface area contributed by atoms with Gasteiger partial charge in [-0.15, -0.1) is 12.4 Å². The second-order valence-electron chi connectivity index (χ2n) is 5.40. The van der Waals surface area contributed by atoms with Crippen molar-refractivity contribution in [1.29, 1.82) is 0 Å². The molecule has 0 radical (unpaired) electrons. The van der Waals surface area contributed by atoms with Crippen LogP contribution in [0.25, 0.3) is 0 Å². The normalized spacial score (nSPS) is 16.4. The fourth-order valence-corrected chi connectivity index (χ4v) is 3.01. The number of amides is 1. The summed E-state index contributed by atoms with van der Waals surface area (Å²) in [6.07, 6.45) is 4.05. The third-order valence-electron chi connectivity index (χ3n) is 3.78. The molecule has 1 aromatic rings. The first-order valence-corrected chi connectivity index (χ1v) is 7.66. The van der Waals surface area contributed by atoms with Gasteiger partial charge in [0, 0.05) is 35.8 Å². The molecule has 0 bridgehead atoms. The number of halogens is 2. The molecule has 4 nitrogen and oxygen atoms in total. The van der Waals surface area contributed by atoms with Crippen molar-refractivity contribution in [2.45, 2.75) is 38.8 Å². The van der Waals surface area contributed by atoms with Gasteiger partial charge >= 0.3 is 0 Å². The third kappa shape index (κ3) is 3.77. The minimum absolute atomic E-state index is 0. The Bertz CT molecular complexity index is 453. The average molecular weight is 365 g/mol.